The number of carbonyl (C=O) groups excluding carboxylic acids is 1. The summed E-state index contributed by atoms with van der Waals surface area (Å²) in [5, 5.41) is 9.83. The second-order valence-electron chi connectivity index (χ2n) is 7.48. The van der Waals surface area contributed by atoms with Crippen LogP contribution in [0.1, 0.15) is 27.9 Å². The van der Waals surface area contributed by atoms with Gasteiger partial charge in [0.15, 0.2) is 11.7 Å². The molecule has 0 N–H and O–H groups in total. The third-order valence-electron chi connectivity index (χ3n) is 5.59. The molecule has 0 fully saturated rings. The highest BCUT2D eigenvalue weighted by molar-refractivity contribution is 6.04. The van der Waals surface area contributed by atoms with E-state index in [-0.39, 0.29) is 5.78 Å². The second-order valence-corrected chi connectivity index (χ2v) is 7.48. The second kappa shape index (κ2) is 7.22. The number of benzene rings is 3. The Hall–Kier alpha value is -4.24. The Morgan fingerprint density at radius 3 is 2.42 bits per heavy atom. The van der Waals surface area contributed by atoms with Crippen LogP contribution >= 0.6 is 0 Å². The molecule has 6 nitrogen and oxygen atoms in total. The molecule has 5 aromatic rings. The van der Waals surface area contributed by atoms with Crippen molar-refractivity contribution in [3.05, 3.63) is 90.0 Å². The zero-order valence-corrected chi connectivity index (χ0v) is 17.1. The first-order valence-corrected chi connectivity index (χ1v) is 9.98. The summed E-state index contributed by atoms with van der Waals surface area (Å²) in [4.78, 5) is 22.5. The number of rotatable bonds is 4. The highest BCUT2D eigenvalue weighted by Gasteiger charge is 2.27. The van der Waals surface area contributed by atoms with Crippen LogP contribution in [-0.2, 0) is 7.05 Å². The average molecular weight is 405 g/mol. The number of ketones is 1. The standard InChI is InChI=1S/C25H19N5O/c1-16-27-21-14-17(12-13-23(21)30(16)18-8-4-3-5-9-18)24(31)19(15-26)25-28-20-10-6-7-11-22(20)29(25)2/h3-14,19H,1-2H3. The Labute approximate surface area is 179 Å². The summed E-state index contributed by atoms with van der Waals surface area (Å²) < 4.78 is 3.87. The number of Topliss-reactive ketones (excluding diaryl/α,β-unsaturated/α-hetero) is 1. The zero-order valence-electron chi connectivity index (χ0n) is 17.1. The average Bonchev–Trinajstić information content (AvgIpc) is 3.30. The van der Waals surface area contributed by atoms with Crippen LogP contribution in [-0.4, -0.2) is 24.9 Å². The third-order valence-corrected chi connectivity index (χ3v) is 5.59. The smallest absolute Gasteiger partial charge is 0.187 e. The summed E-state index contributed by atoms with van der Waals surface area (Å²) in [5.74, 6) is -0.000323. The molecule has 0 radical (unpaired) electrons. The van der Waals surface area contributed by atoms with Gasteiger partial charge in [0.05, 0.1) is 28.1 Å². The molecule has 150 valence electrons. The van der Waals surface area contributed by atoms with Crippen molar-refractivity contribution in [3.63, 3.8) is 0 Å². The highest BCUT2D eigenvalue weighted by Crippen LogP contribution is 2.27. The van der Waals surface area contributed by atoms with Crippen molar-refractivity contribution in [2.24, 2.45) is 7.05 Å². The molecule has 0 saturated carbocycles. The summed E-state index contributed by atoms with van der Waals surface area (Å²) >= 11 is 0. The van der Waals surface area contributed by atoms with Gasteiger partial charge in [-0.3, -0.25) is 9.36 Å². The maximum absolute atomic E-state index is 13.3. The Bertz CT molecular complexity index is 1490. The SMILES string of the molecule is Cc1nc2cc(C(=O)C(C#N)c3nc4ccccc4n3C)ccc2n1-c1ccccc1. The Morgan fingerprint density at radius 1 is 0.935 bits per heavy atom. The molecule has 0 bridgehead atoms. The predicted molar refractivity (Wildman–Crippen MR) is 119 cm³/mol. The highest BCUT2D eigenvalue weighted by atomic mass is 16.1. The Morgan fingerprint density at radius 2 is 1.68 bits per heavy atom. The van der Waals surface area contributed by atoms with Gasteiger partial charge in [0.1, 0.15) is 11.6 Å². The van der Waals surface area contributed by atoms with Crippen LogP contribution in [0.2, 0.25) is 0 Å². The van der Waals surface area contributed by atoms with E-state index in [2.05, 4.69) is 20.6 Å². The first-order chi connectivity index (χ1) is 15.1. The van der Waals surface area contributed by atoms with Gasteiger partial charge in [-0.1, -0.05) is 30.3 Å². The molecule has 0 aliphatic rings. The molecule has 3 aromatic carbocycles. The van der Waals surface area contributed by atoms with Gasteiger partial charge in [0, 0.05) is 18.3 Å². The van der Waals surface area contributed by atoms with Gasteiger partial charge in [0.2, 0.25) is 0 Å². The van der Waals surface area contributed by atoms with E-state index in [0.717, 1.165) is 28.1 Å². The molecule has 0 amide bonds. The third kappa shape index (κ3) is 2.99. The molecule has 1 unspecified atom stereocenters. The number of aromatic nitrogens is 4. The van der Waals surface area contributed by atoms with Gasteiger partial charge < -0.3 is 4.57 Å². The molecule has 0 aliphatic heterocycles. The number of nitrogens with zero attached hydrogens (tertiary/aromatic N) is 5. The lowest BCUT2D eigenvalue weighted by Crippen LogP contribution is -2.15. The molecule has 0 saturated heterocycles. The van der Waals surface area contributed by atoms with Crippen molar-refractivity contribution < 1.29 is 4.79 Å². The Balaban J connectivity index is 1.57. The summed E-state index contributed by atoms with van der Waals surface area (Å²) in [6.45, 7) is 1.94. The fourth-order valence-electron chi connectivity index (χ4n) is 4.08. The van der Waals surface area contributed by atoms with Gasteiger partial charge in [-0.15, -0.1) is 0 Å². The lowest BCUT2D eigenvalue weighted by molar-refractivity contribution is 0.0975. The van der Waals surface area contributed by atoms with E-state index >= 15 is 0 Å². The fourth-order valence-corrected chi connectivity index (χ4v) is 4.08. The predicted octanol–water partition coefficient (Wildman–Crippen LogP) is 4.71. The van der Waals surface area contributed by atoms with Crippen molar-refractivity contribution in [1.29, 1.82) is 5.26 Å². The lowest BCUT2D eigenvalue weighted by Gasteiger charge is -2.10. The van der Waals surface area contributed by atoms with Crippen molar-refractivity contribution in [3.8, 4) is 11.8 Å². The maximum Gasteiger partial charge on any atom is 0.187 e. The van der Waals surface area contributed by atoms with Gasteiger partial charge >= 0.3 is 0 Å². The number of carbonyl (C=O) groups is 1. The van der Waals surface area contributed by atoms with Crippen LogP contribution in [0.15, 0.2) is 72.8 Å². The number of imidazole rings is 2. The molecular weight excluding hydrogens is 386 g/mol. The topological polar surface area (TPSA) is 76.5 Å². The van der Waals surface area contributed by atoms with E-state index in [1.165, 1.54) is 0 Å². The van der Waals surface area contributed by atoms with Crippen LogP contribution in [0, 0.1) is 18.3 Å². The molecule has 2 aromatic heterocycles. The molecule has 0 spiro atoms. The van der Waals surface area contributed by atoms with E-state index < -0.39 is 5.92 Å². The molecule has 0 aliphatic carbocycles. The van der Waals surface area contributed by atoms with E-state index in [9.17, 15) is 10.1 Å². The summed E-state index contributed by atoms with van der Waals surface area (Å²) in [6.07, 6.45) is 0. The maximum atomic E-state index is 13.3. The van der Waals surface area contributed by atoms with Crippen LogP contribution in [0.3, 0.4) is 0 Å². The normalized spacial score (nSPS) is 12.2. The molecule has 5 rings (SSSR count). The summed E-state index contributed by atoms with van der Waals surface area (Å²) in [6, 6.07) is 25.1. The largest absolute Gasteiger partial charge is 0.330 e. The van der Waals surface area contributed by atoms with Crippen LogP contribution in [0.25, 0.3) is 27.8 Å². The minimum atomic E-state index is -0.993. The van der Waals surface area contributed by atoms with Crippen molar-refractivity contribution in [1.82, 2.24) is 19.1 Å². The van der Waals surface area contributed by atoms with Gasteiger partial charge in [-0.25, -0.2) is 9.97 Å². The van der Waals surface area contributed by atoms with E-state index in [4.69, 9.17) is 0 Å². The van der Waals surface area contributed by atoms with Gasteiger partial charge in [-0.2, -0.15) is 5.26 Å². The molecule has 1 atom stereocenters. The number of para-hydroxylation sites is 3. The van der Waals surface area contributed by atoms with E-state index in [1.807, 2.05) is 79.2 Å². The van der Waals surface area contributed by atoms with Crippen molar-refractivity contribution >= 4 is 27.9 Å². The first kappa shape index (κ1) is 18.8. The van der Waals surface area contributed by atoms with Crippen LogP contribution in [0.4, 0.5) is 0 Å². The van der Waals surface area contributed by atoms with E-state index in [0.29, 0.717) is 16.9 Å². The lowest BCUT2D eigenvalue weighted by atomic mass is 9.97. The number of hydrogen-bond acceptors (Lipinski definition) is 4. The number of nitriles is 1. The minimum Gasteiger partial charge on any atom is -0.330 e. The van der Waals surface area contributed by atoms with Crippen LogP contribution in [0.5, 0.6) is 0 Å². The summed E-state index contributed by atoms with van der Waals surface area (Å²) in [5.41, 5.74) is 4.74. The number of fused-ring (bicyclic) bond motifs is 2. The Kier molecular flexibility index (Phi) is 4.37. The first-order valence-electron chi connectivity index (χ1n) is 9.98. The molecule has 31 heavy (non-hydrogen) atoms. The molecule has 2 heterocycles. The zero-order chi connectivity index (χ0) is 21.5. The van der Waals surface area contributed by atoms with Crippen molar-refractivity contribution in [2.75, 3.05) is 0 Å². The molecule has 6 heteroatoms. The quantitative estimate of drug-likeness (QED) is 0.406. The van der Waals surface area contributed by atoms with Crippen molar-refractivity contribution in [2.45, 2.75) is 12.8 Å². The number of aryl methyl sites for hydroxylation is 2. The number of hydrogen-bond donors (Lipinski definition) is 0. The van der Waals surface area contributed by atoms with Gasteiger partial charge in [0.25, 0.3) is 0 Å². The van der Waals surface area contributed by atoms with Crippen LogP contribution < -0.4 is 0 Å². The molecular formula is C25H19N5O. The van der Waals surface area contributed by atoms with E-state index in [1.54, 1.807) is 12.1 Å². The summed E-state index contributed by atoms with van der Waals surface area (Å²) in [7, 11) is 1.83. The fraction of sp³-hybridized carbons (Fsp3) is 0.120. The monoisotopic (exact) mass is 405 g/mol. The van der Waals surface area contributed by atoms with Gasteiger partial charge in [-0.05, 0) is 49.4 Å². The minimum absolute atomic E-state index is 0.283.